The van der Waals surface area contributed by atoms with Gasteiger partial charge in [0.05, 0.1) is 17.5 Å². The molecule has 0 unspecified atom stereocenters. The van der Waals surface area contributed by atoms with E-state index in [2.05, 4.69) is 5.10 Å². The highest BCUT2D eigenvalue weighted by Gasteiger charge is 2.32. The first-order valence-electron chi connectivity index (χ1n) is 7.25. The second-order valence-corrected chi connectivity index (χ2v) is 5.74. The summed E-state index contributed by atoms with van der Waals surface area (Å²) >= 11 is 0. The first-order chi connectivity index (χ1) is 9.22. The van der Waals surface area contributed by atoms with E-state index in [1.54, 1.807) is 6.20 Å². The Labute approximate surface area is 113 Å². The summed E-state index contributed by atoms with van der Waals surface area (Å²) in [5, 5.41) is 4.38. The number of nitrogens with zero attached hydrogens (tertiary/aromatic N) is 3. The highest BCUT2D eigenvalue weighted by Crippen LogP contribution is 2.31. The zero-order valence-corrected chi connectivity index (χ0v) is 11.5. The van der Waals surface area contributed by atoms with Crippen molar-refractivity contribution >= 4 is 5.91 Å². The van der Waals surface area contributed by atoms with E-state index in [9.17, 15) is 4.79 Å². The maximum Gasteiger partial charge on any atom is 0.257 e. The molecule has 0 bridgehead atoms. The molecular formula is C14H22N4O. The van der Waals surface area contributed by atoms with Gasteiger partial charge in [-0.3, -0.25) is 9.48 Å². The van der Waals surface area contributed by atoms with Crippen LogP contribution in [0.5, 0.6) is 0 Å². The topological polar surface area (TPSA) is 64.2 Å². The molecule has 1 saturated carbocycles. The number of nitrogens with two attached hydrogens (primary N) is 1. The van der Waals surface area contributed by atoms with Gasteiger partial charge in [-0.15, -0.1) is 0 Å². The van der Waals surface area contributed by atoms with Crippen LogP contribution < -0.4 is 5.73 Å². The molecule has 1 atom stereocenters. The summed E-state index contributed by atoms with van der Waals surface area (Å²) in [6.45, 7) is 1.51. The Morgan fingerprint density at radius 1 is 1.47 bits per heavy atom. The molecule has 3 rings (SSSR count). The molecule has 1 aromatic rings. The smallest absolute Gasteiger partial charge is 0.257 e. The van der Waals surface area contributed by atoms with Gasteiger partial charge in [-0.05, 0) is 32.1 Å². The minimum Gasteiger partial charge on any atom is -0.339 e. The Hall–Kier alpha value is -1.36. The number of hydrogen-bond donors (Lipinski definition) is 1. The van der Waals surface area contributed by atoms with Crippen LogP contribution in [0.3, 0.4) is 0 Å². The lowest BCUT2D eigenvalue weighted by atomic mass is 9.90. The fourth-order valence-electron chi connectivity index (χ4n) is 3.15. The quantitative estimate of drug-likeness (QED) is 0.894. The van der Waals surface area contributed by atoms with Crippen LogP contribution in [-0.4, -0.2) is 40.2 Å². The third kappa shape index (κ3) is 2.06. The van der Waals surface area contributed by atoms with Crippen molar-refractivity contribution in [1.82, 2.24) is 14.7 Å². The van der Waals surface area contributed by atoms with Crippen molar-refractivity contribution in [2.45, 2.75) is 50.6 Å². The number of aryl methyl sites for hydroxylation is 1. The molecule has 5 nitrogen and oxygen atoms in total. The van der Waals surface area contributed by atoms with Crippen LogP contribution >= 0.6 is 0 Å². The maximum absolute atomic E-state index is 12.6. The van der Waals surface area contributed by atoms with Gasteiger partial charge >= 0.3 is 0 Å². The molecule has 1 aliphatic heterocycles. The van der Waals surface area contributed by atoms with Crippen LogP contribution in [-0.2, 0) is 6.54 Å². The number of amides is 1. The van der Waals surface area contributed by atoms with Crippen LogP contribution in [0.25, 0.3) is 0 Å². The lowest BCUT2D eigenvalue weighted by Crippen LogP contribution is -2.41. The third-order valence-electron chi connectivity index (χ3n) is 4.65. The largest absolute Gasteiger partial charge is 0.339 e. The number of fused-ring (bicyclic) bond motifs is 1. The molecule has 1 aliphatic carbocycles. The summed E-state index contributed by atoms with van der Waals surface area (Å²) in [5.41, 5.74) is 7.68. The molecule has 2 heterocycles. The Kier molecular flexibility index (Phi) is 3.31. The van der Waals surface area contributed by atoms with Crippen molar-refractivity contribution in [3.05, 3.63) is 17.5 Å². The van der Waals surface area contributed by atoms with E-state index in [-0.39, 0.29) is 11.8 Å². The normalized spacial score (nSPS) is 22.7. The van der Waals surface area contributed by atoms with Gasteiger partial charge in [-0.1, -0.05) is 0 Å². The van der Waals surface area contributed by atoms with E-state index in [4.69, 9.17) is 5.73 Å². The van der Waals surface area contributed by atoms with Crippen molar-refractivity contribution in [3.8, 4) is 0 Å². The summed E-state index contributed by atoms with van der Waals surface area (Å²) < 4.78 is 1.98. The number of carbonyl (C=O) groups excluding carboxylic acids is 1. The van der Waals surface area contributed by atoms with Crippen molar-refractivity contribution in [1.29, 1.82) is 0 Å². The van der Waals surface area contributed by atoms with Crippen LogP contribution in [0.4, 0.5) is 0 Å². The molecule has 0 spiro atoms. The zero-order chi connectivity index (χ0) is 13.4. The van der Waals surface area contributed by atoms with Gasteiger partial charge < -0.3 is 10.6 Å². The second kappa shape index (κ2) is 4.96. The number of carbonyl (C=O) groups is 1. The van der Waals surface area contributed by atoms with Gasteiger partial charge in [0.15, 0.2) is 0 Å². The lowest BCUT2D eigenvalue weighted by molar-refractivity contribution is 0.0649. The van der Waals surface area contributed by atoms with E-state index in [0.717, 1.165) is 43.5 Å². The maximum atomic E-state index is 12.6. The molecule has 1 fully saturated rings. The summed E-state index contributed by atoms with van der Waals surface area (Å²) in [4.78, 5) is 14.5. The molecule has 2 N–H and O–H groups in total. The Morgan fingerprint density at radius 3 is 2.89 bits per heavy atom. The molecule has 0 radical (unpaired) electrons. The molecule has 1 amide bonds. The van der Waals surface area contributed by atoms with E-state index < -0.39 is 0 Å². The molecule has 2 aliphatic rings. The van der Waals surface area contributed by atoms with Crippen LogP contribution in [0.1, 0.15) is 54.1 Å². The number of aromatic nitrogens is 2. The molecule has 19 heavy (non-hydrogen) atoms. The van der Waals surface area contributed by atoms with E-state index in [0.29, 0.717) is 12.6 Å². The zero-order valence-electron chi connectivity index (χ0n) is 11.5. The molecule has 0 saturated heterocycles. The monoisotopic (exact) mass is 262 g/mol. The van der Waals surface area contributed by atoms with Crippen LogP contribution in [0, 0.1) is 0 Å². The lowest BCUT2D eigenvalue weighted by Gasteiger charge is -2.35. The molecular weight excluding hydrogens is 240 g/mol. The fourth-order valence-corrected chi connectivity index (χ4v) is 3.15. The van der Waals surface area contributed by atoms with Gasteiger partial charge in [0.2, 0.25) is 0 Å². The van der Waals surface area contributed by atoms with Gasteiger partial charge in [0, 0.05) is 32.1 Å². The predicted molar refractivity (Wildman–Crippen MR) is 73.0 cm³/mol. The van der Waals surface area contributed by atoms with Crippen molar-refractivity contribution in [3.63, 3.8) is 0 Å². The summed E-state index contributed by atoms with van der Waals surface area (Å²) in [6, 6.07) is 0.419. The number of rotatable bonds is 3. The predicted octanol–water partition coefficient (Wildman–Crippen LogP) is 1.34. The summed E-state index contributed by atoms with van der Waals surface area (Å²) in [7, 11) is 1.91. The van der Waals surface area contributed by atoms with Crippen LogP contribution in [0.15, 0.2) is 6.20 Å². The molecule has 104 valence electrons. The first-order valence-corrected chi connectivity index (χ1v) is 7.25. The van der Waals surface area contributed by atoms with Gasteiger partial charge in [0.1, 0.15) is 0 Å². The Morgan fingerprint density at radius 2 is 2.26 bits per heavy atom. The molecule has 1 aromatic heterocycles. The summed E-state index contributed by atoms with van der Waals surface area (Å²) in [5.74, 6) is 0.399. The molecule has 5 heteroatoms. The second-order valence-electron chi connectivity index (χ2n) is 5.74. The van der Waals surface area contributed by atoms with E-state index >= 15 is 0 Å². The van der Waals surface area contributed by atoms with E-state index in [1.165, 1.54) is 6.42 Å². The van der Waals surface area contributed by atoms with Crippen LogP contribution in [0.2, 0.25) is 0 Å². The Balaban J connectivity index is 1.88. The van der Waals surface area contributed by atoms with Crippen molar-refractivity contribution in [2.75, 3.05) is 13.6 Å². The first kappa shape index (κ1) is 12.7. The van der Waals surface area contributed by atoms with Crippen molar-refractivity contribution < 1.29 is 4.79 Å². The highest BCUT2D eigenvalue weighted by molar-refractivity contribution is 5.95. The van der Waals surface area contributed by atoms with Gasteiger partial charge in [0.25, 0.3) is 5.91 Å². The average molecular weight is 262 g/mol. The fraction of sp³-hybridized carbons (Fsp3) is 0.714. The molecule has 0 aromatic carbocycles. The summed E-state index contributed by atoms with van der Waals surface area (Å²) in [6.07, 6.45) is 7.40. The van der Waals surface area contributed by atoms with E-state index in [1.807, 2.05) is 16.6 Å². The van der Waals surface area contributed by atoms with Gasteiger partial charge in [-0.2, -0.15) is 5.10 Å². The highest BCUT2D eigenvalue weighted by atomic mass is 16.2. The minimum atomic E-state index is 0.117. The average Bonchev–Trinajstić information content (AvgIpc) is 2.79. The minimum absolute atomic E-state index is 0.117. The Bertz CT molecular complexity index is 478. The third-order valence-corrected chi connectivity index (χ3v) is 4.65. The van der Waals surface area contributed by atoms with Gasteiger partial charge in [-0.25, -0.2) is 0 Å². The standard InChI is InChI=1S/C14H22N4O/c1-17(11-5-2-6-11)14(19)12-9-16-18-7-3-4-10(8-15)13(12)18/h9-11H,2-8,15H2,1H3/t10-/m1/s1. The van der Waals surface area contributed by atoms with Crippen molar-refractivity contribution in [2.24, 2.45) is 5.73 Å². The number of hydrogen-bond acceptors (Lipinski definition) is 3. The SMILES string of the molecule is CN(C(=O)c1cnn2c1[C@@H](CN)CCC2)C1CCC1.